The van der Waals surface area contributed by atoms with Crippen LogP contribution < -0.4 is 4.72 Å². The quantitative estimate of drug-likeness (QED) is 0.914. The van der Waals surface area contributed by atoms with Crippen LogP contribution in [-0.2, 0) is 10.0 Å². The van der Waals surface area contributed by atoms with Crippen LogP contribution in [0.1, 0.15) is 11.4 Å². The van der Waals surface area contributed by atoms with Crippen molar-refractivity contribution in [2.24, 2.45) is 0 Å². The molecular weight excluding hydrogens is 264 g/mol. The summed E-state index contributed by atoms with van der Waals surface area (Å²) < 4.78 is 26.8. The van der Waals surface area contributed by atoms with Gasteiger partial charge < -0.3 is 0 Å². The molecule has 0 aliphatic carbocycles. The minimum Gasteiger partial charge on any atom is -0.278 e. The molecule has 2 aromatic heterocycles. The smallest absolute Gasteiger partial charge is 0.264 e. The van der Waals surface area contributed by atoms with Gasteiger partial charge in [-0.05, 0) is 31.2 Å². The summed E-state index contributed by atoms with van der Waals surface area (Å²) in [5, 5.41) is 8.89. The van der Waals surface area contributed by atoms with Crippen molar-refractivity contribution in [3.63, 3.8) is 0 Å². The fourth-order valence-electron chi connectivity index (χ4n) is 1.48. The molecule has 6 nitrogen and oxygen atoms in total. The fraction of sp³-hybridized carbons (Fsp3) is 0.0833. The summed E-state index contributed by atoms with van der Waals surface area (Å²) >= 11 is 0. The highest BCUT2D eigenvalue weighted by atomic mass is 32.2. The number of pyridine rings is 2. The molecule has 0 amide bonds. The number of nitrogens with zero attached hydrogens (tertiary/aromatic N) is 3. The van der Waals surface area contributed by atoms with Crippen molar-refractivity contribution in [3.05, 3.63) is 48.0 Å². The second-order valence-corrected chi connectivity index (χ2v) is 5.35. The van der Waals surface area contributed by atoms with Gasteiger partial charge in [-0.15, -0.1) is 0 Å². The standard InChI is InChI=1S/C12H10N4O2S/c1-9-10(4-2-6-14-9)16-19(17,18)12-5-3-7-15-11(12)8-13/h2-7,16H,1H3. The zero-order valence-corrected chi connectivity index (χ0v) is 10.8. The highest BCUT2D eigenvalue weighted by molar-refractivity contribution is 7.92. The molecule has 0 aromatic carbocycles. The normalized spacial score (nSPS) is 10.7. The van der Waals surface area contributed by atoms with Gasteiger partial charge in [0.05, 0.1) is 11.4 Å². The van der Waals surface area contributed by atoms with Gasteiger partial charge in [-0.3, -0.25) is 9.71 Å². The molecule has 0 fully saturated rings. The molecule has 0 saturated carbocycles. The Morgan fingerprint density at radius 1 is 1.21 bits per heavy atom. The molecule has 1 N–H and O–H groups in total. The monoisotopic (exact) mass is 274 g/mol. The number of hydrogen-bond donors (Lipinski definition) is 1. The van der Waals surface area contributed by atoms with E-state index in [0.29, 0.717) is 11.4 Å². The van der Waals surface area contributed by atoms with Crippen LogP contribution in [0.2, 0.25) is 0 Å². The van der Waals surface area contributed by atoms with Crippen LogP contribution in [0.3, 0.4) is 0 Å². The zero-order chi connectivity index (χ0) is 13.9. The predicted molar refractivity (Wildman–Crippen MR) is 68.7 cm³/mol. The number of rotatable bonds is 3. The van der Waals surface area contributed by atoms with E-state index in [1.165, 1.54) is 18.3 Å². The lowest BCUT2D eigenvalue weighted by molar-refractivity contribution is 0.600. The molecule has 2 aromatic rings. The Morgan fingerprint density at radius 3 is 2.58 bits per heavy atom. The van der Waals surface area contributed by atoms with Gasteiger partial charge in [0.15, 0.2) is 5.69 Å². The third kappa shape index (κ3) is 2.69. The van der Waals surface area contributed by atoms with Crippen molar-refractivity contribution in [3.8, 4) is 6.07 Å². The maximum Gasteiger partial charge on any atom is 0.264 e. The number of hydrogen-bond acceptors (Lipinski definition) is 5. The molecular formula is C12H10N4O2S. The number of nitriles is 1. The molecule has 0 radical (unpaired) electrons. The van der Waals surface area contributed by atoms with Gasteiger partial charge in [0.1, 0.15) is 11.0 Å². The van der Waals surface area contributed by atoms with E-state index in [1.54, 1.807) is 31.3 Å². The fourth-order valence-corrected chi connectivity index (χ4v) is 2.71. The van der Waals surface area contributed by atoms with Gasteiger partial charge in [0.2, 0.25) is 0 Å². The van der Waals surface area contributed by atoms with Gasteiger partial charge >= 0.3 is 0 Å². The number of aryl methyl sites for hydroxylation is 1. The lowest BCUT2D eigenvalue weighted by Crippen LogP contribution is -2.16. The van der Waals surface area contributed by atoms with Gasteiger partial charge in [0.25, 0.3) is 10.0 Å². The van der Waals surface area contributed by atoms with E-state index < -0.39 is 10.0 Å². The Balaban J connectivity index is 2.45. The Hall–Kier alpha value is -2.46. The topological polar surface area (TPSA) is 95.7 Å². The van der Waals surface area contributed by atoms with E-state index in [1.807, 2.05) is 0 Å². The maximum atomic E-state index is 12.2. The van der Waals surface area contributed by atoms with E-state index in [9.17, 15) is 8.42 Å². The van der Waals surface area contributed by atoms with Crippen LogP contribution in [0.15, 0.2) is 41.6 Å². The van der Waals surface area contributed by atoms with E-state index >= 15 is 0 Å². The number of aromatic nitrogens is 2. The molecule has 0 bridgehead atoms. The number of sulfonamides is 1. The van der Waals surface area contributed by atoms with Crippen molar-refractivity contribution in [2.75, 3.05) is 4.72 Å². The molecule has 0 saturated heterocycles. The Labute approximate surface area is 110 Å². The van der Waals surface area contributed by atoms with Crippen LogP contribution in [-0.4, -0.2) is 18.4 Å². The van der Waals surface area contributed by atoms with Crippen molar-refractivity contribution >= 4 is 15.7 Å². The molecule has 19 heavy (non-hydrogen) atoms. The van der Waals surface area contributed by atoms with Crippen molar-refractivity contribution in [2.45, 2.75) is 11.8 Å². The Morgan fingerprint density at radius 2 is 1.89 bits per heavy atom. The summed E-state index contributed by atoms with van der Waals surface area (Å²) in [4.78, 5) is 7.57. The molecule has 7 heteroatoms. The number of nitrogens with one attached hydrogen (secondary N) is 1. The van der Waals surface area contributed by atoms with Gasteiger partial charge in [0, 0.05) is 12.4 Å². The second kappa shape index (κ2) is 5.04. The lowest BCUT2D eigenvalue weighted by Gasteiger charge is -2.10. The first-order valence-corrected chi connectivity index (χ1v) is 6.82. The van der Waals surface area contributed by atoms with Gasteiger partial charge in [-0.2, -0.15) is 5.26 Å². The van der Waals surface area contributed by atoms with E-state index in [-0.39, 0.29) is 10.6 Å². The zero-order valence-electron chi connectivity index (χ0n) is 10.0. The minimum absolute atomic E-state index is 0.142. The van der Waals surface area contributed by atoms with Crippen LogP contribution in [0, 0.1) is 18.3 Å². The van der Waals surface area contributed by atoms with Crippen molar-refractivity contribution in [1.29, 1.82) is 5.26 Å². The SMILES string of the molecule is Cc1ncccc1NS(=O)(=O)c1cccnc1C#N. The van der Waals surface area contributed by atoms with Crippen molar-refractivity contribution < 1.29 is 8.42 Å². The molecule has 2 heterocycles. The molecule has 2 rings (SSSR count). The van der Waals surface area contributed by atoms with E-state index in [0.717, 1.165) is 0 Å². The number of anilines is 1. The summed E-state index contributed by atoms with van der Waals surface area (Å²) in [7, 11) is -3.85. The van der Waals surface area contributed by atoms with Crippen LogP contribution >= 0.6 is 0 Å². The lowest BCUT2D eigenvalue weighted by atomic mass is 10.3. The minimum atomic E-state index is -3.85. The summed E-state index contributed by atoms with van der Waals surface area (Å²) in [6.07, 6.45) is 2.94. The first-order chi connectivity index (χ1) is 9.04. The second-order valence-electron chi connectivity index (χ2n) is 3.70. The maximum absolute atomic E-state index is 12.2. The predicted octanol–water partition coefficient (Wildman–Crippen LogP) is 1.46. The van der Waals surface area contributed by atoms with Gasteiger partial charge in [-0.1, -0.05) is 0 Å². The first kappa shape index (κ1) is 13.0. The van der Waals surface area contributed by atoms with Crippen LogP contribution in [0.25, 0.3) is 0 Å². The van der Waals surface area contributed by atoms with Crippen LogP contribution in [0.5, 0.6) is 0 Å². The average Bonchev–Trinajstić information content (AvgIpc) is 2.41. The van der Waals surface area contributed by atoms with E-state index in [2.05, 4.69) is 14.7 Å². The van der Waals surface area contributed by atoms with E-state index in [4.69, 9.17) is 5.26 Å². The Bertz CT molecular complexity index is 750. The first-order valence-electron chi connectivity index (χ1n) is 5.34. The largest absolute Gasteiger partial charge is 0.278 e. The molecule has 0 aliphatic heterocycles. The molecule has 0 atom stereocenters. The third-order valence-corrected chi connectivity index (χ3v) is 3.81. The van der Waals surface area contributed by atoms with Gasteiger partial charge in [-0.25, -0.2) is 13.4 Å². The Kier molecular flexibility index (Phi) is 3.44. The summed E-state index contributed by atoms with van der Waals surface area (Å²) in [6, 6.07) is 7.78. The third-order valence-electron chi connectivity index (χ3n) is 2.42. The summed E-state index contributed by atoms with van der Waals surface area (Å²) in [5.41, 5.74) is 0.778. The summed E-state index contributed by atoms with van der Waals surface area (Å²) in [5.74, 6) is 0. The highest BCUT2D eigenvalue weighted by Crippen LogP contribution is 2.19. The highest BCUT2D eigenvalue weighted by Gasteiger charge is 2.20. The van der Waals surface area contributed by atoms with Crippen LogP contribution in [0.4, 0.5) is 5.69 Å². The molecule has 0 unspecified atom stereocenters. The molecule has 0 spiro atoms. The molecule has 96 valence electrons. The van der Waals surface area contributed by atoms with Crippen molar-refractivity contribution in [1.82, 2.24) is 9.97 Å². The molecule has 0 aliphatic rings. The average molecular weight is 274 g/mol. The summed E-state index contributed by atoms with van der Waals surface area (Å²) in [6.45, 7) is 1.69.